The molecule has 19 heavy (non-hydrogen) atoms. The normalized spacial score (nSPS) is 20.7. The van der Waals surface area contributed by atoms with Gasteiger partial charge in [-0.25, -0.2) is 4.79 Å². The quantitative estimate of drug-likeness (QED) is 0.740. The highest BCUT2D eigenvalue weighted by Crippen LogP contribution is 2.20. The van der Waals surface area contributed by atoms with Crippen LogP contribution in [0.25, 0.3) is 0 Å². The highest BCUT2D eigenvalue weighted by Gasteiger charge is 2.36. The Morgan fingerprint density at radius 2 is 2.11 bits per heavy atom. The van der Waals surface area contributed by atoms with Gasteiger partial charge >= 0.3 is 5.97 Å². The molecule has 0 saturated carbocycles. The molecule has 1 rings (SSSR count). The Morgan fingerprint density at radius 3 is 2.53 bits per heavy atom. The van der Waals surface area contributed by atoms with Crippen molar-refractivity contribution >= 4 is 17.8 Å². The molecule has 0 aromatic rings. The first-order chi connectivity index (χ1) is 8.86. The molecule has 1 saturated heterocycles. The molecule has 1 aliphatic rings. The van der Waals surface area contributed by atoms with Crippen LogP contribution in [0.5, 0.6) is 0 Å². The Bertz CT molecular complexity index is 368. The number of hydrogen-bond acceptors (Lipinski definition) is 3. The predicted octanol–water partition coefficient (Wildman–Crippen LogP) is 0.613. The molecule has 0 radical (unpaired) electrons. The van der Waals surface area contributed by atoms with E-state index in [0.717, 1.165) is 0 Å². The second-order valence-electron chi connectivity index (χ2n) is 5.23. The Labute approximate surface area is 113 Å². The Kier molecular flexibility index (Phi) is 5.32. The summed E-state index contributed by atoms with van der Waals surface area (Å²) < 4.78 is 0. The van der Waals surface area contributed by atoms with E-state index in [9.17, 15) is 14.4 Å². The lowest BCUT2D eigenvalue weighted by Crippen LogP contribution is -2.44. The third-order valence-corrected chi connectivity index (χ3v) is 3.34. The first-order valence-electron chi connectivity index (χ1n) is 6.69. The molecule has 0 bridgehead atoms. The first kappa shape index (κ1) is 15.5. The molecule has 2 unspecified atom stereocenters. The smallest absolute Gasteiger partial charge is 0.326 e. The monoisotopic (exact) mass is 270 g/mol. The SMILES string of the molecule is CCCC(NC(=O)C1CC(=O)N(C(C)C)C1)C(=O)O. The molecule has 2 atom stereocenters. The van der Waals surface area contributed by atoms with Crippen LogP contribution >= 0.6 is 0 Å². The fourth-order valence-electron chi connectivity index (χ4n) is 2.24. The summed E-state index contributed by atoms with van der Waals surface area (Å²) in [6.45, 7) is 6.03. The second-order valence-corrected chi connectivity index (χ2v) is 5.23. The summed E-state index contributed by atoms with van der Waals surface area (Å²) in [5.74, 6) is -1.84. The topological polar surface area (TPSA) is 86.7 Å². The number of likely N-dealkylation sites (tertiary alicyclic amines) is 1. The highest BCUT2D eigenvalue weighted by atomic mass is 16.4. The van der Waals surface area contributed by atoms with Gasteiger partial charge in [-0.2, -0.15) is 0 Å². The van der Waals surface area contributed by atoms with E-state index in [1.54, 1.807) is 4.90 Å². The van der Waals surface area contributed by atoms with Gasteiger partial charge in [-0.05, 0) is 20.3 Å². The second kappa shape index (κ2) is 6.54. The first-order valence-corrected chi connectivity index (χ1v) is 6.69. The van der Waals surface area contributed by atoms with E-state index in [0.29, 0.717) is 19.4 Å². The van der Waals surface area contributed by atoms with Gasteiger partial charge in [-0.1, -0.05) is 13.3 Å². The van der Waals surface area contributed by atoms with Gasteiger partial charge in [0.05, 0.1) is 5.92 Å². The van der Waals surface area contributed by atoms with E-state index >= 15 is 0 Å². The lowest BCUT2D eigenvalue weighted by Gasteiger charge is -2.21. The van der Waals surface area contributed by atoms with Gasteiger partial charge in [0.2, 0.25) is 11.8 Å². The third kappa shape index (κ3) is 3.94. The molecule has 0 spiro atoms. The molecule has 2 N–H and O–H groups in total. The van der Waals surface area contributed by atoms with Crippen LogP contribution in [0.4, 0.5) is 0 Å². The van der Waals surface area contributed by atoms with Crippen molar-refractivity contribution in [1.29, 1.82) is 0 Å². The summed E-state index contributed by atoms with van der Waals surface area (Å²) in [5, 5.41) is 11.5. The summed E-state index contributed by atoms with van der Waals surface area (Å²) in [6, 6.07) is -0.795. The van der Waals surface area contributed by atoms with E-state index < -0.39 is 17.9 Å². The number of carbonyl (C=O) groups is 3. The van der Waals surface area contributed by atoms with E-state index in [1.807, 2.05) is 20.8 Å². The standard InChI is InChI=1S/C13H22N2O4/c1-4-5-10(13(18)19)14-12(17)9-6-11(16)15(7-9)8(2)3/h8-10H,4-7H2,1-3H3,(H,14,17)(H,18,19). The minimum atomic E-state index is -1.03. The molecular formula is C13H22N2O4. The third-order valence-electron chi connectivity index (χ3n) is 3.34. The maximum absolute atomic E-state index is 12.0. The molecular weight excluding hydrogens is 248 g/mol. The van der Waals surface area contributed by atoms with Crippen molar-refractivity contribution in [3.63, 3.8) is 0 Å². The lowest BCUT2D eigenvalue weighted by molar-refractivity contribution is -0.142. The molecule has 1 aliphatic heterocycles. The van der Waals surface area contributed by atoms with Crippen LogP contribution in [-0.2, 0) is 14.4 Å². The van der Waals surface area contributed by atoms with Crippen molar-refractivity contribution in [3.8, 4) is 0 Å². The van der Waals surface area contributed by atoms with Crippen molar-refractivity contribution in [2.24, 2.45) is 5.92 Å². The number of carboxylic acids is 1. The molecule has 6 heteroatoms. The van der Waals surface area contributed by atoms with Gasteiger partial charge < -0.3 is 15.3 Å². The molecule has 0 aliphatic carbocycles. The summed E-state index contributed by atoms with van der Waals surface area (Å²) in [5.41, 5.74) is 0. The Morgan fingerprint density at radius 1 is 1.47 bits per heavy atom. The average Bonchev–Trinajstić information content (AvgIpc) is 2.70. The summed E-state index contributed by atoms with van der Waals surface area (Å²) in [7, 11) is 0. The van der Waals surface area contributed by atoms with E-state index in [-0.39, 0.29) is 24.3 Å². The average molecular weight is 270 g/mol. The summed E-state index contributed by atoms with van der Waals surface area (Å²) >= 11 is 0. The number of carbonyl (C=O) groups excluding carboxylic acids is 2. The minimum absolute atomic E-state index is 0.0440. The van der Waals surface area contributed by atoms with Crippen LogP contribution in [0.1, 0.15) is 40.0 Å². The number of carboxylic acid groups (broad SMARTS) is 1. The van der Waals surface area contributed by atoms with Crippen molar-refractivity contribution in [2.75, 3.05) is 6.54 Å². The number of rotatable bonds is 6. The summed E-state index contributed by atoms with van der Waals surface area (Å²) in [4.78, 5) is 36.3. The Hall–Kier alpha value is -1.59. The van der Waals surface area contributed by atoms with Crippen LogP contribution in [0, 0.1) is 5.92 Å². The fourth-order valence-corrected chi connectivity index (χ4v) is 2.24. The molecule has 1 heterocycles. The molecule has 1 fully saturated rings. The number of amides is 2. The van der Waals surface area contributed by atoms with Gasteiger partial charge in [0.1, 0.15) is 6.04 Å². The summed E-state index contributed by atoms with van der Waals surface area (Å²) in [6.07, 6.45) is 1.25. The zero-order valence-corrected chi connectivity index (χ0v) is 11.7. The minimum Gasteiger partial charge on any atom is -0.480 e. The van der Waals surface area contributed by atoms with Gasteiger partial charge in [0, 0.05) is 19.0 Å². The van der Waals surface area contributed by atoms with E-state index in [2.05, 4.69) is 5.32 Å². The van der Waals surface area contributed by atoms with Crippen molar-refractivity contribution in [3.05, 3.63) is 0 Å². The number of hydrogen-bond donors (Lipinski definition) is 2. The van der Waals surface area contributed by atoms with E-state index in [1.165, 1.54) is 0 Å². The van der Waals surface area contributed by atoms with Gasteiger partial charge in [0.25, 0.3) is 0 Å². The van der Waals surface area contributed by atoms with Crippen LogP contribution in [-0.4, -0.2) is 46.4 Å². The number of nitrogens with one attached hydrogen (secondary N) is 1. The highest BCUT2D eigenvalue weighted by molar-refractivity contribution is 5.91. The zero-order chi connectivity index (χ0) is 14.6. The zero-order valence-electron chi connectivity index (χ0n) is 11.7. The number of aliphatic carboxylic acids is 1. The molecule has 0 aromatic carbocycles. The van der Waals surface area contributed by atoms with Crippen LogP contribution < -0.4 is 5.32 Å². The maximum atomic E-state index is 12.0. The van der Waals surface area contributed by atoms with Crippen LogP contribution in [0.2, 0.25) is 0 Å². The van der Waals surface area contributed by atoms with Gasteiger partial charge in [-0.15, -0.1) is 0 Å². The van der Waals surface area contributed by atoms with Crippen molar-refractivity contribution in [2.45, 2.75) is 52.1 Å². The van der Waals surface area contributed by atoms with Crippen LogP contribution in [0.3, 0.4) is 0 Å². The molecule has 6 nitrogen and oxygen atoms in total. The van der Waals surface area contributed by atoms with E-state index in [4.69, 9.17) is 5.11 Å². The largest absolute Gasteiger partial charge is 0.480 e. The molecule has 108 valence electrons. The fraction of sp³-hybridized carbons (Fsp3) is 0.769. The van der Waals surface area contributed by atoms with Gasteiger partial charge in [-0.3, -0.25) is 9.59 Å². The maximum Gasteiger partial charge on any atom is 0.326 e. The van der Waals surface area contributed by atoms with Crippen molar-refractivity contribution < 1.29 is 19.5 Å². The lowest BCUT2D eigenvalue weighted by atomic mass is 10.1. The molecule has 2 amide bonds. The van der Waals surface area contributed by atoms with Gasteiger partial charge in [0.15, 0.2) is 0 Å². The number of nitrogens with zero attached hydrogens (tertiary/aromatic N) is 1. The predicted molar refractivity (Wildman–Crippen MR) is 69.4 cm³/mol. The van der Waals surface area contributed by atoms with Crippen molar-refractivity contribution in [1.82, 2.24) is 10.2 Å². The van der Waals surface area contributed by atoms with Crippen LogP contribution in [0.15, 0.2) is 0 Å². The molecule has 0 aromatic heterocycles. The Balaban J connectivity index is 2.59.